The second kappa shape index (κ2) is 9.22. The van der Waals surface area contributed by atoms with Crippen LogP contribution >= 0.6 is 0 Å². The monoisotopic (exact) mass is 482 g/mol. The highest BCUT2D eigenvalue weighted by atomic mass is 19.2. The van der Waals surface area contributed by atoms with Crippen molar-refractivity contribution in [1.29, 1.82) is 0 Å². The van der Waals surface area contributed by atoms with Gasteiger partial charge in [0.05, 0.1) is 30.9 Å². The third kappa shape index (κ3) is 4.32. The molecule has 1 aromatic heterocycles. The van der Waals surface area contributed by atoms with E-state index in [2.05, 4.69) is 10.3 Å². The zero-order valence-corrected chi connectivity index (χ0v) is 19.4. The first-order chi connectivity index (χ1) is 16.9. The van der Waals surface area contributed by atoms with Crippen LogP contribution in [0.1, 0.15) is 35.7 Å². The number of nitrogens with zero attached hydrogens (tertiary/aromatic N) is 3. The van der Waals surface area contributed by atoms with Gasteiger partial charge in [0.2, 0.25) is 0 Å². The summed E-state index contributed by atoms with van der Waals surface area (Å²) in [6.45, 7) is 2.82. The van der Waals surface area contributed by atoms with Gasteiger partial charge in [0.1, 0.15) is 5.75 Å². The van der Waals surface area contributed by atoms with E-state index < -0.39 is 23.5 Å². The Labute approximate surface area is 201 Å². The molecule has 1 amide bonds. The number of imidazole rings is 1. The molecular weight excluding hydrogens is 457 g/mol. The molecule has 2 aliphatic heterocycles. The van der Waals surface area contributed by atoms with Crippen molar-refractivity contribution in [2.24, 2.45) is 0 Å². The molecule has 0 aliphatic carbocycles. The van der Waals surface area contributed by atoms with Gasteiger partial charge in [-0.05, 0) is 61.2 Å². The van der Waals surface area contributed by atoms with Crippen LogP contribution in [0.25, 0.3) is 11.8 Å². The van der Waals surface area contributed by atoms with Crippen molar-refractivity contribution in [3.63, 3.8) is 0 Å². The first-order valence-corrected chi connectivity index (χ1v) is 11.4. The summed E-state index contributed by atoms with van der Waals surface area (Å²) in [6.07, 6.45) is 6.71. The number of methoxy groups -OCH3 is 1. The minimum atomic E-state index is -1.51. The fourth-order valence-electron chi connectivity index (χ4n) is 4.91. The van der Waals surface area contributed by atoms with Crippen molar-refractivity contribution in [2.45, 2.75) is 31.8 Å². The third-order valence-corrected chi connectivity index (χ3v) is 6.63. The van der Waals surface area contributed by atoms with E-state index in [1.807, 2.05) is 42.0 Å². The van der Waals surface area contributed by atoms with E-state index in [-0.39, 0.29) is 17.5 Å². The highest BCUT2D eigenvalue weighted by Crippen LogP contribution is 2.36. The maximum atomic E-state index is 13.9. The van der Waals surface area contributed by atoms with Gasteiger partial charge in [-0.1, -0.05) is 6.07 Å². The van der Waals surface area contributed by atoms with Gasteiger partial charge in [0.15, 0.2) is 17.5 Å². The minimum Gasteiger partial charge on any atom is -0.495 e. The number of aryl methyl sites for hydroxylation is 1. The number of carbonyl (C=O) groups excluding carboxylic acids is 1. The molecule has 0 spiro atoms. The van der Waals surface area contributed by atoms with Gasteiger partial charge in [-0.3, -0.25) is 4.79 Å². The van der Waals surface area contributed by atoms with Crippen molar-refractivity contribution in [3.8, 4) is 11.4 Å². The number of hydrogen-bond acceptors (Lipinski definition) is 4. The maximum absolute atomic E-state index is 13.9. The third-order valence-electron chi connectivity index (χ3n) is 6.63. The van der Waals surface area contributed by atoms with Crippen LogP contribution in [0.15, 0.2) is 48.4 Å². The molecule has 182 valence electrons. The molecule has 2 atom stereocenters. The molecule has 1 N–H and O–H groups in total. The summed E-state index contributed by atoms with van der Waals surface area (Å²) < 4.78 is 48.8. The highest BCUT2D eigenvalue weighted by Gasteiger charge is 2.39. The van der Waals surface area contributed by atoms with Crippen LogP contribution in [-0.4, -0.2) is 46.6 Å². The number of piperidine rings is 1. The average Bonchev–Trinajstić information content (AvgIpc) is 3.29. The lowest BCUT2D eigenvalue weighted by Gasteiger charge is -2.46. The Morgan fingerprint density at radius 2 is 1.91 bits per heavy atom. The van der Waals surface area contributed by atoms with E-state index in [4.69, 9.17) is 4.74 Å². The molecular formula is C26H25F3N4O2. The Hall–Kier alpha value is -3.59. The van der Waals surface area contributed by atoms with Crippen molar-refractivity contribution in [3.05, 3.63) is 82.7 Å². The molecule has 0 radical (unpaired) electrons. The predicted octanol–water partition coefficient (Wildman–Crippen LogP) is 4.33. The normalized spacial score (nSPS) is 21.3. The lowest BCUT2D eigenvalue weighted by Crippen LogP contribution is -2.57. The number of halogens is 3. The summed E-state index contributed by atoms with van der Waals surface area (Å²) in [5, 5.41) is 3.23. The van der Waals surface area contributed by atoms with Gasteiger partial charge in [-0.2, -0.15) is 0 Å². The fourth-order valence-corrected chi connectivity index (χ4v) is 4.91. The first-order valence-electron chi connectivity index (χ1n) is 11.4. The van der Waals surface area contributed by atoms with Crippen LogP contribution in [-0.2, 0) is 4.79 Å². The summed E-state index contributed by atoms with van der Waals surface area (Å²) in [5.41, 5.74) is 3.34. The predicted molar refractivity (Wildman–Crippen MR) is 125 cm³/mol. The second-order valence-corrected chi connectivity index (χ2v) is 8.90. The SMILES string of the molecule is COc1cc(/C=C2\CC[C@H]3CNC[C@H](c4cc(F)c(F)c(F)c4)N3C2=O)ccc1-n1cnc(C)c1. The zero-order chi connectivity index (χ0) is 24.7. The molecule has 0 saturated carbocycles. The van der Waals surface area contributed by atoms with E-state index in [0.29, 0.717) is 37.3 Å². The number of fused-ring (bicyclic) bond motifs is 1. The van der Waals surface area contributed by atoms with Crippen LogP contribution < -0.4 is 10.1 Å². The Morgan fingerprint density at radius 1 is 1.14 bits per heavy atom. The molecule has 0 bridgehead atoms. The maximum Gasteiger partial charge on any atom is 0.250 e. The summed E-state index contributed by atoms with van der Waals surface area (Å²) in [6, 6.07) is 6.89. The molecule has 5 rings (SSSR count). The fraction of sp³-hybridized carbons (Fsp3) is 0.308. The summed E-state index contributed by atoms with van der Waals surface area (Å²) in [7, 11) is 1.59. The number of aromatic nitrogens is 2. The van der Waals surface area contributed by atoms with Crippen molar-refractivity contribution < 1.29 is 22.7 Å². The van der Waals surface area contributed by atoms with Crippen LogP contribution in [0, 0.1) is 24.4 Å². The summed E-state index contributed by atoms with van der Waals surface area (Å²) in [5.74, 6) is -3.59. The smallest absolute Gasteiger partial charge is 0.250 e. The molecule has 3 aromatic rings. The Balaban J connectivity index is 1.46. The first kappa shape index (κ1) is 23.2. The number of nitrogens with one attached hydrogen (secondary N) is 1. The summed E-state index contributed by atoms with van der Waals surface area (Å²) in [4.78, 5) is 19.5. The van der Waals surface area contributed by atoms with E-state index in [0.717, 1.165) is 29.1 Å². The quantitative estimate of drug-likeness (QED) is 0.445. The molecule has 35 heavy (non-hydrogen) atoms. The molecule has 2 saturated heterocycles. The van der Waals surface area contributed by atoms with Gasteiger partial charge in [-0.15, -0.1) is 0 Å². The number of carbonyl (C=O) groups is 1. The van der Waals surface area contributed by atoms with Crippen LogP contribution in [0.2, 0.25) is 0 Å². The van der Waals surface area contributed by atoms with Crippen LogP contribution in [0.3, 0.4) is 0 Å². The van der Waals surface area contributed by atoms with Gasteiger partial charge >= 0.3 is 0 Å². The van der Waals surface area contributed by atoms with Gasteiger partial charge < -0.3 is 19.5 Å². The van der Waals surface area contributed by atoms with E-state index in [1.165, 1.54) is 0 Å². The molecule has 6 nitrogen and oxygen atoms in total. The topological polar surface area (TPSA) is 59.4 Å². The largest absolute Gasteiger partial charge is 0.495 e. The number of rotatable bonds is 4. The zero-order valence-electron chi connectivity index (χ0n) is 19.4. The number of piperazine rings is 1. The van der Waals surface area contributed by atoms with E-state index >= 15 is 0 Å². The molecule has 2 aliphatic rings. The van der Waals surface area contributed by atoms with Crippen molar-refractivity contribution >= 4 is 12.0 Å². The average molecular weight is 483 g/mol. The Morgan fingerprint density at radius 3 is 2.60 bits per heavy atom. The van der Waals surface area contributed by atoms with Crippen molar-refractivity contribution in [1.82, 2.24) is 19.8 Å². The molecule has 3 heterocycles. The second-order valence-electron chi connectivity index (χ2n) is 8.90. The Kier molecular flexibility index (Phi) is 6.10. The highest BCUT2D eigenvalue weighted by molar-refractivity contribution is 5.99. The molecule has 2 aromatic carbocycles. The number of hydrogen-bond donors (Lipinski definition) is 1. The lowest BCUT2D eigenvalue weighted by atomic mass is 9.89. The van der Waals surface area contributed by atoms with E-state index in [1.54, 1.807) is 18.3 Å². The van der Waals surface area contributed by atoms with Gasteiger partial charge in [0, 0.05) is 30.9 Å². The van der Waals surface area contributed by atoms with Crippen LogP contribution in [0.4, 0.5) is 13.2 Å². The van der Waals surface area contributed by atoms with E-state index in [9.17, 15) is 18.0 Å². The van der Waals surface area contributed by atoms with Gasteiger partial charge in [-0.25, -0.2) is 18.2 Å². The Bertz CT molecular complexity index is 1300. The molecule has 9 heteroatoms. The number of benzene rings is 2. The lowest BCUT2D eigenvalue weighted by molar-refractivity contribution is -0.135. The number of amides is 1. The summed E-state index contributed by atoms with van der Waals surface area (Å²) >= 11 is 0. The molecule has 0 unspecified atom stereocenters. The minimum absolute atomic E-state index is 0.115. The van der Waals surface area contributed by atoms with Gasteiger partial charge in [0.25, 0.3) is 5.91 Å². The number of ether oxygens (including phenoxy) is 1. The molecule has 2 fully saturated rings. The standard InChI is InChI=1S/C26H25F3N4O2/c1-15-13-32(14-31-15)22-6-3-16(8-24(22)35-2)7-17-4-5-19-11-30-12-23(33(19)26(17)34)18-9-20(27)25(29)21(28)10-18/h3,6-10,13-14,19,23,30H,4-5,11-12H2,1-2H3/b17-7+/t19-,23+/m0/s1. The van der Waals surface area contributed by atoms with Crippen molar-refractivity contribution in [2.75, 3.05) is 20.2 Å². The van der Waals surface area contributed by atoms with Crippen LogP contribution in [0.5, 0.6) is 5.75 Å².